The van der Waals surface area contributed by atoms with Crippen LogP contribution in [-0.4, -0.2) is 51.5 Å². The number of methoxy groups -OCH3 is 1. The quantitative estimate of drug-likeness (QED) is 0.370. The molecule has 3 aromatic rings. The zero-order valence-corrected chi connectivity index (χ0v) is 22.4. The minimum Gasteiger partial charge on any atom is -0.497 e. The molecule has 4 rings (SSSR count). The van der Waals surface area contributed by atoms with Gasteiger partial charge in [-0.05, 0) is 74.2 Å². The van der Waals surface area contributed by atoms with Gasteiger partial charge in [0.15, 0.2) is 6.61 Å². The summed E-state index contributed by atoms with van der Waals surface area (Å²) in [4.78, 5) is 27.0. The van der Waals surface area contributed by atoms with Crippen molar-refractivity contribution < 1.29 is 27.5 Å². The predicted molar refractivity (Wildman–Crippen MR) is 145 cm³/mol. The molecule has 1 saturated heterocycles. The molecule has 0 saturated carbocycles. The van der Waals surface area contributed by atoms with Crippen LogP contribution in [0.25, 0.3) is 0 Å². The number of benzene rings is 3. The smallest absolute Gasteiger partial charge is 0.338 e. The first kappa shape index (κ1) is 27.2. The summed E-state index contributed by atoms with van der Waals surface area (Å²) in [6, 6.07) is 21.8. The molecule has 1 heterocycles. The maximum atomic E-state index is 13.9. The van der Waals surface area contributed by atoms with Gasteiger partial charge in [0.05, 0.1) is 29.8 Å². The number of piperidine rings is 1. The van der Waals surface area contributed by atoms with E-state index in [4.69, 9.17) is 9.47 Å². The molecule has 0 unspecified atom stereocenters. The summed E-state index contributed by atoms with van der Waals surface area (Å²) in [6.07, 6.45) is 2.93. The van der Waals surface area contributed by atoms with Crippen molar-refractivity contribution in [2.24, 2.45) is 0 Å². The van der Waals surface area contributed by atoms with Crippen molar-refractivity contribution in [1.82, 2.24) is 4.90 Å². The number of amides is 1. The first-order valence-corrected chi connectivity index (χ1v) is 14.0. The first-order valence-electron chi connectivity index (χ1n) is 12.6. The molecule has 1 atom stereocenters. The summed E-state index contributed by atoms with van der Waals surface area (Å²) in [6.45, 7) is 2.34. The lowest BCUT2D eigenvalue weighted by Crippen LogP contribution is -2.44. The molecule has 1 fully saturated rings. The van der Waals surface area contributed by atoms with Gasteiger partial charge in [-0.25, -0.2) is 13.2 Å². The van der Waals surface area contributed by atoms with Crippen molar-refractivity contribution in [1.29, 1.82) is 0 Å². The number of esters is 1. The van der Waals surface area contributed by atoms with E-state index >= 15 is 0 Å². The third-order valence-electron chi connectivity index (χ3n) is 6.64. The van der Waals surface area contributed by atoms with E-state index in [1.165, 1.54) is 28.6 Å². The van der Waals surface area contributed by atoms with Crippen LogP contribution in [0, 0.1) is 0 Å². The standard InChI is InChI=1S/C29H32N2O6S/c1-22-9-6-7-18-30(22)28(32)21-37-29(33)24-12-8-13-27(19-24)38(34,35)31(20-23-10-4-3-5-11-23)25-14-16-26(36-2)17-15-25/h3-5,8,10-17,19,22H,6-7,9,18,20-21H2,1-2H3/t22-/m0/s1. The van der Waals surface area contributed by atoms with Crippen LogP contribution in [-0.2, 0) is 26.1 Å². The fourth-order valence-corrected chi connectivity index (χ4v) is 5.98. The van der Waals surface area contributed by atoms with E-state index in [1.807, 2.05) is 37.3 Å². The van der Waals surface area contributed by atoms with Crippen LogP contribution >= 0.6 is 0 Å². The van der Waals surface area contributed by atoms with Crippen LogP contribution in [0.4, 0.5) is 5.69 Å². The molecule has 38 heavy (non-hydrogen) atoms. The van der Waals surface area contributed by atoms with Crippen LogP contribution < -0.4 is 9.04 Å². The lowest BCUT2D eigenvalue weighted by molar-refractivity contribution is -0.137. The third-order valence-corrected chi connectivity index (χ3v) is 8.41. The highest BCUT2D eigenvalue weighted by atomic mass is 32.2. The van der Waals surface area contributed by atoms with E-state index in [-0.39, 0.29) is 35.6 Å². The van der Waals surface area contributed by atoms with Gasteiger partial charge in [0.2, 0.25) is 0 Å². The fourth-order valence-electron chi connectivity index (χ4n) is 4.49. The maximum Gasteiger partial charge on any atom is 0.338 e. The van der Waals surface area contributed by atoms with Gasteiger partial charge < -0.3 is 14.4 Å². The topological polar surface area (TPSA) is 93.2 Å². The number of carbonyl (C=O) groups is 2. The van der Waals surface area contributed by atoms with Gasteiger partial charge in [-0.2, -0.15) is 0 Å². The van der Waals surface area contributed by atoms with Gasteiger partial charge in [0, 0.05) is 12.6 Å². The minimum absolute atomic E-state index is 0.0555. The highest BCUT2D eigenvalue weighted by Crippen LogP contribution is 2.28. The monoisotopic (exact) mass is 536 g/mol. The summed E-state index contributed by atoms with van der Waals surface area (Å²) in [7, 11) is -2.53. The Hall–Kier alpha value is -3.85. The molecule has 0 spiro atoms. The second-order valence-electron chi connectivity index (χ2n) is 9.23. The molecule has 0 radical (unpaired) electrons. The van der Waals surface area contributed by atoms with Crippen molar-refractivity contribution in [3.63, 3.8) is 0 Å². The SMILES string of the molecule is COc1ccc(N(Cc2ccccc2)S(=O)(=O)c2cccc(C(=O)OCC(=O)N3CCCC[C@@H]3C)c2)cc1. The normalized spacial score (nSPS) is 15.5. The summed E-state index contributed by atoms with van der Waals surface area (Å²) in [5, 5.41) is 0. The van der Waals surface area contributed by atoms with E-state index in [1.54, 1.807) is 36.3 Å². The number of hydrogen-bond donors (Lipinski definition) is 0. The van der Waals surface area contributed by atoms with Gasteiger partial charge in [-0.1, -0.05) is 36.4 Å². The van der Waals surface area contributed by atoms with E-state index in [0.29, 0.717) is 18.0 Å². The van der Waals surface area contributed by atoms with E-state index in [0.717, 1.165) is 24.8 Å². The number of hydrogen-bond acceptors (Lipinski definition) is 6. The van der Waals surface area contributed by atoms with Gasteiger partial charge in [-0.3, -0.25) is 9.10 Å². The number of rotatable bonds is 9. The molecule has 0 bridgehead atoms. The minimum atomic E-state index is -4.07. The molecule has 1 aliphatic rings. The predicted octanol–water partition coefficient (Wildman–Crippen LogP) is 4.65. The van der Waals surface area contributed by atoms with E-state index < -0.39 is 16.0 Å². The zero-order valence-electron chi connectivity index (χ0n) is 21.6. The number of sulfonamides is 1. The second-order valence-corrected chi connectivity index (χ2v) is 11.1. The lowest BCUT2D eigenvalue weighted by Gasteiger charge is -2.33. The first-order chi connectivity index (χ1) is 18.3. The molecule has 9 heteroatoms. The molecule has 200 valence electrons. The lowest BCUT2D eigenvalue weighted by atomic mass is 10.0. The highest BCUT2D eigenvalue weighted by molar-refractivity contribution is 7.92. The average molecular weight is 537 g/mol. The Kier molecular flexibility index (Phi) is 8.68. The zero-order chi connectivity index (χ0) is 27.1. The molecule has 3 aromatic carbocycles. The highest BCUT2D eigenvalue weighted by Gasteiger charge is 2.27. The molecule has 0 aromatic heterocycles. The summed E-state index contributed by atoms with van der Waals surface area (Å²) in [5.74, 6) is -0.397. The van der Waals surface area contributed by atoms with E-state index in [2.05, 4.69) is 0 Å². The molecule has 1 aliphatic heterocycles. The number of anilines is 1. The molecule has 1 amide bonds. The molecular weight excluding hydrogens is 504 g/mol. The number of carbonyl (C=O) groups excluding carboxylic acids is 2. The van der Waals surface area contributed by atoms with Crippen molar-refractivity contribution >= 4 is 27.6 Å². The van der Waals surface area contributed by atoms with Crippen LogP contribution in [0.1, 0.15) is 42.1 Å². The second kappa shape index (κ2) is 12.1. The Balaban J connectivity index is 1.56. The van der Waals surface area contributed by atoms with E-state index in [9.17, 15) is 18.0 Å². The molecule has 0 aliphatic carbocycles. The van der Waals surface area contributed by atoms with Gasteiger partial charge in [0.1, 0.15) is 5.75 Å². The number of likely N-dealkylation sites (tertiary alicyclic amines) is 1. The van der Waals surface area contributed by atoms with Crippen LogP contribution in [0.3, 0.4) is 0 Å². The Morgan fingerprint density at radius 2 is 1.71 bits per heavy atom. The van der Waals surface area contributed by atoms with Crippen molar-refractivity contribution in [3.05, 3.63) is 90.0 Å². The van der Waals surface area contributed by atoms with Gasteiger partial charge >= 0.3 is 5.97 Å². The van der Waals surface area contributed by atoms with Gasteiger partial charge in [-0.15, -0.1) is 0 Å². The number of nitrogens with zero attached hydrogens (tertiary/aromatic N) is 2. The Morgan fingerprint density at radius 1 is 0.974 bits per heavy atom. The van der Waals surface area contributed by atoms with Crippen LogP contribution in [0.2, 0.25) is 0 Å². The summed E-state index contributed by atoms with van der Waals surface area (Å²) in [5.41, 5.74) is 1.30. The average Bonchev–Trinajstić information content (AvgIpc) is 2.95. The fraction of sp³-hybridized carbons (Fsp3) is 0.310. The largest absolute Gasteiger partial charge is 0.497 e. The molecule has 0 N–H and O–H groups in total. The Labute approximate surface area is 223 Å². The Bertz CT molecular complexity index is 1360. The van der Waals surface area contributed by atoms with Crippen LogP contribution in [0.15, 0.2) is 83.8 Å². The van der Waals surface area contributed by atoms with Crippen molar-refractivity contribution in [2.45, 2.75) is 43.7 Å². The van der Waals surface area contributed by atoms with Crippen molar-refractivity contribution in [2.75, 3.05) is 24.6 Å². The maximum absolute atomic E-state index is 13.9. The van der Waals surface area contributed by atoms with Gasteiger partial charge in [0.25, 0.3) is 15.9 Å². The summed E-state index contributed by atoms with van der Waals surface area (Å²) < 4.78 is 39.5. The molecular formula is C29H32N2O6S. The Morgan fingerprint density at radius 3 is 2.39 bits per heavy atom. The third kappa shape index (κ3) is 6.34. The van der Waals surface area contributed by atoms with Crippen molar-refractivity contribution in [3.8, 4) is 5.75 Å². The summed E-state index contributed by atoms with van der Waals surface area (Å²) >= 11 is 0. The number of ether oxygens (including phenoxy) is 2. The molecule has 8 nitrogen and oxygen atoms in total. The van der Waals surface area contributed by atoms with Crippen LogP contribution in [0.5, 0.6) is 5.75 Å².